The lowest BCUT2D eigenvalue weighted by Gasteiger charge is -2.39. The van der Waals surface area contributed by atoms with Crippen LogP contribution in [0.25, 0.3) is 11.0 Å². The first kappa shape index (κ1) is 27.2. The number of halogens is 2. The maximum Gasteiger partial charge on any atom is 0.272 e. The molecule has 1 unspecified atom stereocenters. The minimum atomic E-state index is -2.64. The van der Waals surface area contributed by atoms with E-state index in [9.17, 15) is 23.6 Å². The van der Waals surface area contributed by atoms with E-state index in [4.69, 9.17) is 0 Å². The summed E-state index contributed by atoms with van der Waals surface area (Å²) in [6, 6.07) is 12.1. The molecule has 8 nitrogen and oxygen atoms in total. The lowest BCUT2D eigenvalue weighted by molar-refractivity contribution is -0.133. The molecule has 3 heterocycles. The van der Waals surface area contributed by atoms with E-state index in [0.29, 0.717) is 31.1 Å². The molecule has 1 aliphatic rings. The number of carbonyl (C=O) groups excluding carboxylic acids is 2. The number of anilines is 1. The average Bonchev–Trinajstić information content (AvgIpc) is 3.49. The van der Waals surface area contributed by atoms with Gasteiger partial charge in [0.25, 0.3) is 18.2 Å². The number of nitrogens with one attached hydrogen (secondary N) is 1. The van der Waals surface area contributed by atoms with Gasteiger partial charge < -0.3 is 14.4 Å². The molecule has 198 valence electrons. The Bertz CT molecular complexity index is 1470. The van der Waals surface area contributed by atoms with E-state index >= 15 is 0 Å². The van der Waals surface area contributed by atoms with Crippen LogP contribution in [0.15, 0.2) is 53.3 Å². The summed E-state index contributed by atoms with van der Waals surface area (Å²) in [5.74, 6) is -0.487. The van der Waals surface area contributed by atoms with Crippen molar-refractivity contribution in [3.63, 3.8) is 0 Å². The zero-order valence-electron chi connectivity index (χ0n) is 21.5. The van der Waals surface area contributed by atoms with Gasteiger partial charge in [0.15, 0.2) is 5.57 Å². The summed E-state index contributed by atoms with van der Waals surface area (Å²) in [6.07, 6.45) is -2.64. The molecule has 38 heavy (non-hydrogen) atoms. The van der Waals surface area contributed by atoms with Crippen molar-refractivity contribution in [1.82, 2.24) is 19.4 Å². The molecule has 1 fully saturated rings. The first-order chi connectivity index (χ1) is 18.1. The molecule has 0 spiro atoms. The lowest BCUT2D eigenvalue weighted by Crippen LogP contribution is -2.51. The smallest absolute Gasteiger partial charge is 0.272 e. The average molecular weight is 539 g/mol. The fourth-order valence-corrected chi connectivity index (χ4v) is 4.96. The number of alkyl halides is 2. The van der Waals surface area contributed by atoms with Crippen molar-refractivity contribution < 1.29 is 18.4 Å². The molecular weight excluding hydrogens is 510 g/mol. The number of likely N-dealkylation sites (N-methyl/N-ethyl adjacent to an activating group) is 1. The molecule has 2 amide bonds. The highest BCUT2D eigenvalue weighted by Gasteiger charge is 2.33. The fraction of sp³-hybridized carbons (Fsp3) is 0.370. The van der Waals surface area contributed by atoms with E-state index in [1.807, 2.05) is 67.7 Å². The number of amides is 2. The Morgan fingerprint density at radius 2 is 1.95 bits per heavy atom. The molecule has 11 heteroatoms. The summed E-state index contributed by atoms with van der Waals surface area (Å²) in [5.41, 5.74) is 5.23. The summed E-state index contributed by atoms with van der Waals surface area (Å²) < 4.78 is 27.8. The van der Waals surface area contributed by atoms with Crippen molar-refractivity contribution in [2.75, 3.05) is 32.5 Å². The van der Waals surface area contributed by atoms with Gasteiger partial charge in [0.2, 0.25) is 5.95 Å². The second kappa shape index (κ2) is 11.3. The summed E-state index contributed by atoms with van der Waals surface area (Å²) in [5, 5.41) is 12.3. The van der Waals surface area contributed by atoms with E-state index in [1.165, 1.54) is 12.1 Å². The Kier molecular flexibility index (Phi) is 8.07. The summed E-state index contributed by atoms with van der Waals surface area (Å²) in [4.78, 5) is 33.8. The highest BCUT2D eigenvalue weighted by atomic mass is 32.1. The van der Waals surface area contributed by atoms with Gasteiger partial charge >= 0.3 is 0 Å². The molecule has 2 aromatic heterocycles. The first-order valence-corrected chi connectivity index (χ1v) is 12.9. The molecular formula is C27H28F2N6O2S. The van der Waals surface area contributed by atoms with Crippen LogP contribution in [-0.4, -0.2) is 64.4 Å². The van der Waals surface area contributed by atoms with Crippen molar-refractivity contribution in [2.45, 2.75) is 32.9 Å². The van der Waals surface area contributed by atoms with Crippen LogP contribution in [0.4, 0.5) is 14.7 Å². The van der Waals surface area contributed by atoms with E-state index in [0.717, 1.165) is 22.4 Å². The van der Waals surface area contributed by atoms with Gasteiger partial charge in [-0.1, -0.05) is 17.9 Å². The van der Waals surface area contributed by atoms with Crippen molar-refractivity contribution in [3.8, 4) is 6.07 Å². The summed E-state index contributed by atoms with van der Waals surface area (Å²) in [7, 11) is 3.84. The molecule has 0 aliphatic carbocycles. The summed E-state index contributed by atoms with van der Waals surface area (Å²) >= 11 is 0.744. The van der Waals surface area contributed by atoms with E-state index < -0.39 is 12.3 Å². The molecule has 0 bridgehead atoms. The topological polar surface area (TPSA) is 94.3 Å². The van der Waals surface area contributed by atoms with E-state index in [-0.39, 0.29) is 33.2 Å². The standard InChI is InChI=1S/C27H28F2N6O2S/c1-16(17(2)33(3)4)11-19(12-30)26(37)34-13-18(14-34)15-35-21-8-6-5-7-20(21)31-27(35)32-25(36)23-10-9-22(38-23)24(28)29/h5-10,17-18,24H,13-15H2,1-4H3,(H,31,32,36). The number of likely N-dealkylation sites (tertiary alicyclic amines) is 1. The maximum absolute atomic E-state index is 13.0. The lowest BCUT2D eigenvalue weighted by atomic mass is 9.98. The minimum Gasteiger partial charge on any atom is -0.337 e. The van der Waals surface area contributed by atoms with Crippen LogP contribution in [0, 0.1) is 17.2 Å². The first-order valence-electron chi connectivity index (χ1n) is 12.1. The number of nitrogens with zero attached hydrogens (tertiary/aromatic N) is 5. The predicted octanol–water partition coefficient (Wildman–Crippen LogP) is 4.69. The van der Waals surface area contributed by atoms with Crippen molar-refractivity contribution in [1.29, 1.82) is 5.26 Å². The maximum atomic E-state index is 13.0. The van der Waals surface area contributed by atoms with E-state index in [2.05, 4.69) is 16.0 Å². The van der Waals surface area contributed by atoms with Crippen LogP contribution in [-0.2, 0) is 11.3 Å². The van der Waals surface area contributed by atoms with E-state index in [1.54, 1.807) is 4.90 Å². The summed E-state index contributed by atoms with van der Waals surface area (Å²) in [6.45, 7) is 5.18. The monoisotopic (exact) mass is 538 g/mol. The third-order valence-corrected chi connectivity index (χ3v) is 7.77. The van der Waals surface area contributed by atoms with Gasteiger partial charge in [0, 0.05) is 31.6 Å². The Morgan fingerprint density at radius 1 is 1.24 bits per heavy atom. The van der Waals surface area contributed by atoms with Crippen LogP contribution in [0.1, 0.15) is 34.8 Å². The fourth-order valence-electron chi connectivity index (χ4n) is 4.20. The van der Waals surface area contributed by atoms with Crippen LogP contribution < -0.4 is 5.32 Å². The van der Waals surface area contributed by atoms with Gasteiger partial charge in [-0.05, 0) is 57.8 Å². The van der Waals surface area contributed by atoms with Gasteiger partial charge in [-0.3, -0.25) is 14.9 Å². The Labute approximate surface area is 223 Å². The number of aromatic nitrogens is 2. The van der Waals surface area contributed by atoms with Gasteiger partial charge in [0.05, 0.1) is 20.8 Å². The van der Waals surface area contributed by atoms with Gasteiger partial charge in [-0.2, -0.15) is 5.26 Å². The van der Waals surface area contributed by atoms with Crippen LogP contribution in [0.2, 0.25) is 0 Å². The predicted molar refractivity (Wildman–Crippen MR) is 142 cm³/mol. The largest absolute Gasteiger partial charge is 0.337 e. The number of para-hydroxylation sites is 2. The van der Waals surface area contributed by atoms with Crippen LogP contribution in [0.3, 0.4) is 0 Å². The number of imidazole rings is 1. The molecule has 0 saturated carbocycles. The molecule has 4 rings (SSSR count). The van der Waals surface area contributed by atoms with Gasteiger partial charge in [0.1, 0.15) is 6.07 Å². The molecule has 0 radical (unpaired) electrons. The molecule has 1 atom stereocenters. The third-order valence-electron chi connectivity index (χ3n) is 6.68. The second-order valence-corrected chi connectivity index (χ2v) is 10.6. The highest BCUT2D eigenvalue weighted by Crippen LogP contribution is 2.29. The number of nitriles is 1. The second-order valence-electron chi connectivity index (χ2n) is 9.50. The Morgan fingerprint density at radius 3 is 2.58 bits per heavy atom. The Hall–Kier alpha value is -3.84. The van der Waals surface area contributed by atoms with Crippen molar-refractivity contribution in [3.05, 3.63) is 63.0 Å². The quantitative estimate of drug-likeness (QED) is 0.255. The zero-order valence-corrected chi connectivity index (χ0v) is 22.4. The number of hydrogen-bond acceptors (Lipinski definition) is 6. The Balaban J connectivity index is 1.49. The number of benzene rings is 1. The molecule has 3 aromatic rings. The highest BCUT2D eigenvalue weighted by molar-refractivity contribution is 7.14. The SMILES string of the molecule is CC(=C=C(C#N)C(=O)N1CC(Cn2c(NC(=O)c3ccc(C(F)F)s3)nc3ccccc32)C1)C(C)N(C)C. The number of fused-ring (bicyclic) bond motifs is 1. The number of rotatable bonds is 8. The molecule has 1 aromatic carbocycles. The van der Waals surface area contributed by atoms with Gasteiger partial charge in [-0.15, -0.1) is 11.3 Å². The van der Waals surface area contributed by atoms with Crippen LogP contribution >= 0.6 is 11.3 Å². The van der Waals surface area contributed by atoms with Gasteiger partial charge in [-0.25, -0.2) is 13.8 Å². The van der Waals surface area contributed by atoms with Crippen LogP contribution in [0.5, 0.6) is 0 Å². The zero-order chi connectivity index (χ0) is 27.6. The number of carbonyl (C=O) groups is 2. The minimum absolute atomic E-state index is 0.0187. The molecule has 1 aliphatic heterocycles. The number of hydrogen-bond donors (Lipinski definition) is 1. The normalized spacial score (nSPS) is 14.2. The van der Waals surface area contributed by atoms with Crippen molar-refractivity contribution >= 4 is 40.1 Å². The molecule has 1 saturated heterocycles. The molecule has 1 N–H and O–H groups in total. The number of thiophene rings is 1. The van der Waals surface area contributed by atoms with Crippen molar-refractivity contribution in [2.24, 2.45) is 5.92 Å². The third kappa shape index (κ3) is 5.68.